The number of alkyl halides is 1. The Bertz CT molecular complexity index is 564. The summed E-state index contributed by atoms with van der Waals surface area (Å²) in [6, 6.07) is 13.6. The van der Waals surface area contributed by atoms with Crippen LogP contribution in [0.1, 0.15) is 16.0 Å². The third-order valence-electron chi connectivity index (χ3n) is 3.08. The minimum atomic E-state index is 0.0899. The van der Waals surface area contributed by atoms with Gasteiger partial charge in [0.2, 0.25) is 0 Å². The van der Waals surface area contributed by atoms with Crippen molar-refractivity contribution in [3.05, 3.63) is 58.6 Å². The molecule has 2 nitrogen and oxygen atoms in total. The van der Waals surface area contributed by atoms with Crippen molar-refractivity contribution in [1.82, 2.24) is 0 Å². The van der Waals surface area contributed by atoms with Gasteiger partial charge in [0, 0.05) is 5.02 Å². The van der Waals surface area contributed by atoms with E-state index in [1.54, 1.807) is 14.2 Å². The quantitative estimate of drug-likeness (QED) is 0.700. The Hall–Kier alpha value is -1.19. The lowest BCUT2D eigenvalue weighted by atomic mass is 10.0. The van der Waals surface area contributed by atoms with Gasteiger partial charge in [-0.2, -0.15) is 0 Å². The summed E-state index contributed by atoms with van der Waals surface area (Å²) >= 11 is 9.75. The number of benzene rings is 2. The molecule has 0 heterocycles. The number of methoxy groups -OCH3 is 2. The van der Waals surface area contributed by atoms with Crippen LogP contribution in [-0.2, 0) is 6.42 Å². The molecule has 20 heavy (non-hydrogen) atoms. The average molecular weight is 356 g/mol. The zero-order valence-electron chi connectivity index (χ0n) is 11.4. The predicted molar refractivity (Wildman–Crippen MR) is 86.4 cm³/mol. The standard InChI is InChI=1S/C16H16BrClO2/c1-19-14-7-4-8-15(20-2)16(14)13(17)10-11-5-3-6-12(18)9-11/h3-9,13H,10H2,1-2H3. The van der Waals surface area contributed by atoms with E-state index in [9.17, 15) is 0 Å². The number of rotatable bonds is 5. The summed E-state index contributed by atoms with van der Waals surface area (Å²) in [4.78, 5) is 0.0899. The molecule has 0 aliphatic heterocycles. The van der Waals surface area contributed by atoms with E-state index in [1.807, 2.05) is 36.4 Å². The summed E-state index contributed by atoms with van der Waals surface area (Å²) < 4.78 is 10.9. The van der Waals surface area contributed by atoms with E-state index in [-0.39, 0.29) is 4.83 Å². The van der Waals surface area contributed by atoms with E-state index in [0.717, 1.165) is 34.1 Å². The summed E-state index contributed by atoms with van der Waals surface area (Å²) in [5.41, 5.74) is 2.17. The topological polar surface area (TPSA) is 18.5 Å². The summed E-state index contributed by atoms with van der Waals surface area (Å²) in [7, 11) is 3.33. The van der Waals surface area contributed by atoms with Crippen molar-refractivity contribution in [2.75, 3.05) is 14.2 Å². The second-order valence-electron chi connectivity index (χ2n) is 4.38. The molecule has 1 atom stereocenters. The molecule has 0 fully saturated rings. The molecule has 2 aromatic carbocycles. The molecule has 4 heteroatoms. The molecule has 0 aliphatic carbocycles. The summed E-state index contributed by atoms with van der Waals surface area (Å²) in [6.45, 7) is 0. The molecule has 1 unspecified atom stereocenters. The maximum atomic E-state index is 6.03. The van der Waals surface area contributed by atoms with Crippen molar-refractivity contribution in [2.45, 2.75) is 11.2 Å². The van der Waals surface area contributed by atoms with Crippen LogP contribution in [0.25, 0.3) is 0 Å². The highest BCUT2D eigenvalue weighted by Gasteiger charge is 2.18. The molecule has 0 amide bonds. The van der Waals surface area contributed by atoms with Gasteiger partial charge in [-0.05, 0) is 36.2 Å². The zero-order chi connectivity index (χ0) is 14.5. The van der Waals surface area contributed by atoms with E-state index in [2.05, 4.69) is 22.0 Å². The van der Waals surface area contributed by atoms with Crippen LogP contribution in [0.4, 0.5) is 0 Å². The lowest BCUT2D eigenvalue weighted by Gasteiger charge is -2.18. The van der Waals surface area contributed by atoms with Crippen molar-refractivity contribution in [1.29, 1.82) is 0 Å². The van der Waals surface area contributed by atoms with Gasteiger partial charge in [0.15, 0.2) is 0 Å². The Kier molecular flexibility index (Phi) is 5.32. The lowest BCUT2D eigenvalue weighted by molar-refractivity contribution is 0.385. The largest absolute Gasteiger partial charge is 0.496 e. The average Bonchev–Trinajstić information content (AvgIpc) is 2.46. The van der Waals surface area contributed by atoms with Crippen LogP contribution in [0.3, 0.4) is 0 Å². The zero-order valence-corrected chi connectivity index (χ0v) is 13.7. The van der Waals surface area contributed by atoms with E-state index in [0.29, 0.717) is 0 Å². The Morgan fingerprint density at radius 3 is 2.20 bits per heavy atom. The summed E-state index contributed by atoms with van der Waals surface area (Å²) in [5, 5.41) is 0.745. The number of hydrogen-bond acceptors (Lipinski definition) is 2. The second kappa shape index (κ2) is 7.00. The predicted octanol–water partition coefficient (Wildman–Crippen LogP) is 5.04. The Morgan fingerprint density at radius 2 is 1.65 bits per heavy atom. The fourth-order valence-corrected chi connectivity index (χ4v) is 3.20. The van der Waals surface area contributed by atoms with Gasteiger partial charge in [-0.1, -0.05) is 45.7 Å². The molecular formula is C16H16BrClO2. The highest BCUT2D eigenvalue weighted by molar-refractivity contribution is 9.09. The van der Waals surface area contributed by atoms with Crippen LogP contribution in [0.2, 0.25) is 5.02 Å². The van der Waals surface area contributed by atoms with E-state index >= 15 is 0 Å². The Labute approximate surface area is 132 Å². The van der Waals surface area contributed by atoms with E-state index < -0.39 is 0 Å². The van der Waals surface area contributed by atoms with Crippen LogP contribution in [0.5, 0.6) is 11.5 Å². The van der Waals surface area contributed by atoms with Crippen molar-refractivity contribution >= 4 is 27.5 Å². The molecule has 106 valence electrons. The third-order valence-corrected chi connectivity index (χ3v) is 4.10. The van der Waals surface area contributed by atoms with Gasteiger partial charge < -0.3 is 9.47 Å². The first-order chi connectivity index (χ1) is 9.65. The molecule has 2 aromatic rings. The van der Waals surface area contributed by atoms with Crippen molar-refractivity contribution in [2.24, 2.45) is 0 Å². The van der Waals surface area contributed by atoms with Gasteiger partial charge >= 0.3 is 0 Å². The van der Waals surface area contributed by atoms with Gasteiger partial charge in [0.25, 0.3) is 0 Å². The Morgan fingerprint density at radius 1 is 1.05 bits per heavy atom. The van der Waals surface area contributed by atoms with Gasteiger partial charge in [0.1, 0.15) is 11.5 Å². The highest BCUT2D eigenvalue weighted by atomic mass is 79.9. The SMILES string of the molecule is COc1cccc(OC)c1C(Br)Cc1cccc(Cl)c1. The normalized spacial score (nSPS) is 12.0. The first-order valence-corrected chi connectivity index (χ1v) is 7.54. The molecule has 0 saturated carbocycles. The van der Waals surface area contributed by atoms with Crippen molar-refractivity contribution in [3.63, 3.8) is 0 Å². The smallest absolute Gasteiger partial charge is 0.126 e. The molecule has 0 bridgehead atoms. The molecule has 0 saturated heterocycles. The van der Waals surface area contributed by atoms with Crippen LogP contribution >= 0.6 is 27.5 Å². The third kappa shape index (κ3) is 3.47. The minimum absolute atomic E-state index is 0.0899. The second-order valence-corrected chi connectivity index (χ2v) is 5.92. The minimum Gasteiger partial charge on any atom is -0.496 e. The molecular weight excluding hydrogens is 340 g/mol. The molecule has 0 spiro atoms. The van der Waals surface area contributed by atoms with Crippen LogP contribution in [0.15, 0.2) is 42.5 Å². The van der Waals surface area contributed by atoms with Gasteiger partial charge in [0.05, 0.1) is 24.6 Å². The maximum absolute atomic E-state index is 6.03. The van der Waals surface area contributed by atoms with Crippen LogP contribution in [-0.4, -0.2) is 14.2 Å². The molecule has 0 aromatic heterocycles. The van der Waals surface area contributed by atoms with Gasteiger partial charge in [-0.15, -0.1) is 0 Å². The summed E-state index contributed by atoms with van der Waals surface area (Å²) in [5.74, 6) is 1.63. The molecule has 0 N–H and O–H groups in total. The van der Waals surface area contributed by atoms with Gasteiger partial charge in [-0.25, -0.2) is 0 Å². The fourth-order valence-electron chi connectivity index (χ4n) is 2.16. The van der Waals surface area contributed by atoms with Crippen molar-refractivity contribution < 1.29 is 9.47 Å². The fraction of sp³-hybridized carbons (Fsp3) is 0.250. The molecule has 0 radical (unpaired) electrons. The van der Waals surface area contributed by atoms with Crippen LogP contribution < -0.4 is 9.47 Å². The van der Waals surface area contributed by atoms with E-state index in [1.165, 1.54) is 0 Å². The Balaban J connectivity index is 2.31. The van der Waals surface area contributed by atoms with E-state index in [4.69, 9.17) is 21.1 Å². The van der Waals surface area contributed by atoms with Crippen molar-refractivity contribution in [3.8, 4) is 11.5 Å². The number of hydrogen-bond donors (Lipinski definition) is 0. The molecule has 2 rings (SSSR count). The maximum Gasteiger partial charge on any atom is 0.126 e. The number of ether oxygens (including phenoxy) is 2. The van der Waals surface area contributed by atoms with Gasteiger partial charge in [-0.3, -0.25) is 0 Å². The number of halogens is 2. The van der Waals surface area contributed by atoms with Crippen LogP contribution in [0, 0.1) is 0 Å². The molecule has 0 aliphatic rings. The first-order valence-electron chi connectivity index (χ1n) is 6.25. The first kappa shape index (κ1) is 15.2. The summed E-state index contributed by atoms with van der Waals surface area (Å²) in [6.07, 6.45) is 0.803. The highest BCUT2D eigenvalue weighted by Crippen LogP contribution is 2.40. The monoisotopic (exact) mass is 354 g/mol. The lowest BCUT2D eigenvalue weighted by Crippen LogP contribution is -2.02.